The maximum absolute atomic E-state index is 12.7. The Morgan fingerprint density at radius 1 is 1.00 bits per heavy atom. The highest BCUT2D eigenvalue weighted by Crippen LogP contribution is 2.44. The topological polar surface area (TPSA) is 105 Å². The third kappa shape index (κ3) is 5.92. The lowest BCUT2D eigenvalue weighted by atomic mass is 9.98. The van der Waals surface area contributed by atoms with Gasteiger partial charge in [-0.15, -0.1) is 0 Å². The number of nitrogens with one attached hydrogen (secondary N) is 2. The molecule has 0 spiro atoms. The van der Waals surface area contributed by atoms with Gasteiger partial charge in [-0.3, -0.25) is 9.59 Å². The van der Waals surface area contributed by atoms with Crippen molar-refractivity contribution >= 4 is 18.0 Å². The van der Waals surface area contributed by atoms with E-state index in [-0.39, 0.29) is 43.2 Å². The molecule has 3 N–H and O–H groups in total. The average molecular weight is 453 g/mol. The SMILES string of the molecule is CC[C@H](C)[C@H](NC(=O)OCC1c2ccccc2-c2ccccc21)C(=O)NCC(C)CC(=O)O. The zero-order valence-corrected chi connectivity index (χ0v) is 19.3. The minimum atomic E-state index is -0.910. The first kappa shape index (κ1) is 24.3. The molecule has 33 heavy (non-hydrogen) atoms. The van der Waals surface area contributed by atoms with E-state index in [0.717, 1.165) is 22.3 Å². The van der Waals surface area contributed by atoms with Crippen LogP contribution in [0, 0.1) is 11.8 Å². The Balaban J connectivity index is 1.62. The van der Waals surface area contributed by atoms with Gasteiger partial charge in [0.1, 0.15) is 12.6 Å². The molecule has 176 valence electrons. The monoisotopic (exact) mass is 452 g/mol. The Morgan fingerprint density at radius 2 is 1.58 bits per heavy atom. The number of hydrogen-bond donors (Lipinski definition) is 3. The second kappa shape index (κ2) is 11.0. The predicted molar refractivity (Wildman–Crippen MR) is 126 cm³/mol. The molecule has 0 aliphatic heterocycles. The summed E-state index contributed by atoms with van der Waals surface area (Å²) in [5, 5.41) is 14.4. The summed E-state index contributed by atoms with van der Waals surface area (Å²) in [6.45, 7) is 5.98. The van der Waals surface area contributed by atoms with Crippen LogP contribution in [0.4, 0.5) is 4.79 Å². The molecule has 0 saturated heterocycles. The zero-order valence-electron chi connectivity index (χ0n) is 19.3. The lowest BCUT2D eigenvalue weighted by Crippen LogP contribution is -2.51. The quantitative estimate of drug-likeness (QED) is 0.502. The summed E-state index contributed by atoms with van der Waals surface area (Å²) in [6.07, 6.45) is 0.0106. The summed E-state index contributed by atoms with van der Waals surface area (Å²) in [6, 6.07) is 15.4. The van der Waals surface area contributed by atoms with E-state index in [2.05, 4.69) is 34.9 Å². The third-order valence-electron chi connectivity index (χ3n) is 6.26. The number of alkyl carbamates (subject to hydrolysis) is 1. The summed E-state index contributed by atoms with van der Waals surface area (Å²) < 4.78 is 5.59. The number of hydrogen-bond acceptors (Lipinski definition) is 4. The van der Waals surface area contributed by atoms with Gasteiger partial charge >= 0.3 is 12.1 Å². The van der Waals surface area contributed by atoms with Gasteiger partial charge in [-0.25, -0.2) is 4.79 Å². The Labute approximate surface area is 194 Å². The molecule has 7 nitrogen and oxygen atoms in total. The van der Waals surface area contributed by atoms with Crippen molar-refractivity contribution in [3.63, 3.8) is 0 Å². The van der Waals surface area contributed by atoms with Crippen LogP contribution in [0.3, 0.4) is 0 Å². The average Bonchev–Trinajstić information content (AvgIpc) is 3.12. The minimum absolute atomic E-state index is 0.0336. The van der Waals surface area contributed by atoms with Crippen LogP contribution in [0.5, 0.6) is 0 Å². The molecule has 0 radical (unpaired) electrons. The Kier molecular flexibility index (Phi) is 8.09. The molecule has 2 aromatic rings. The third-order valence-corrected chi connectivity index (χ3v) is 6.26. The van der Waals surface area contributed by atoms with E-state index < -0.39 is 18.1 Å². The lowest BCUT2D eigenvalue weighted by Gasteiger charge is -2.24. The van der Waals surface area contributed by atoms with Crippen molar-refractivity contribution < 1.29 is 24.2 Å². The van der Waals surface area contributed by atoms with E-state index in [1.54, 1.807) is 6.92 Å². The standard InChI is InChI=1S/C26H32N2O5/c1-4-17(3)24(25(31)27-14-16(2)13-23(29)30)28-26(32)33-15-22-20-11-7-5-9-18(20)19-10-6-8-12-21(19)22/h5-12,16-17,22,24H,4,13-15H2,1-3H3,(H,27,31)(H,28,32)(H,29,30)/t16?,17-,24-/m0/s1. The molecule has 0 bridgehead atoms. The fourth-order valence-electron chi connectivity index (χ4n) is 4.22. The van der Waals surface area contributed by atoms with E-state index in [9.17, 15) is 14.4 Å². The molecule has 3 rings (SSSR count). The van der Waals surface area contributed by atoms with E-state index in [0.29, 0.717) is 6.42 Å². The van der Waals surface area contributed by atoms with E-state index in [4.69, 9.17) is 9.84 Å². The van der Waals surface area contributed by atoms with Crippen molar-refractivity contribution in [1.82, 2.24) is 10.6 Å². The second-order valence-corrected chi connectivity index (χ2v) is 8.78. The first-order chi connectivity index (χ1) is 15.8. The van der Waals surface area contributed by atoms with Gasteiger partial charge < -0.3 is 20.5 Å². The Morgan fingerprint density at radius 3 is 2.12 bits per heavy atom. The minimum Gasteiger partial charge on any atom is -0.481 e. The predicted octanol–water partition coefficient (Wildman–Crippen LogP) is 4.17. The van der Waals surface area contributed by atoms with Crippen LogP contribution in [-0.4, -0.2) is 42.3 Å². The number of carbonyl (C=O) groups is 3. The van der Waals surface area contributed by atoms with Gasteiger partial charge in [0, 0.05) is 18.9 Å². The number of aliphatic carboxylic acids is 1. The molecular weight excluding hydrogens is 420 g/mol. The fraction of sp³-hybridized carbons (Fsp3) is 0.423. The summed E-state index contributed by atoms with van der Waals surface area (Å²) >= 11 is 0. The summed E-state index contributed by atoms with van der Waals surface area (Å²) in [5.74, 6) is -1.63. The molecule has 3 atom stereocenters. The van der Waals surface area contributed by atoms with Crippen molar-refractivity contribution in [2.75, 3.05) is 13.2 Å². The number of ether oxygens (including phenoxy) is 1. The second-order valence-electron chi connectivity index (χ2n) is 8.78. The van der Waals surface area contributed by atoms with Crippen LogP contribution in [0.15, 0.2) is 48.5 Å². The molecule has 1 aliphatic carbocycles. The number of carboxylic acid groups (broad SMARTS) is 1. The largest absolute Gasteiger partial charge is 0.481 e. The molecule has 0 fully saturated rings. The molecule has 0 heterocycles. The lowest BCUT2D eigenvalue weighted by molar-refractivity contribution is -0.138. The molecule has 1 aliphatic rings. The van der Waals surface area contributed by atoms with E-state index in [1.165, 1.54) is 0 Å². The maximum Gasteiger partial charge on any atom is 0.407 e. The van der Waals surface area contributed by atoms with Crippen molar-refractivity contribution in [1.29, 1.82) is 0 Å². The van der Waals surface area contributed by atoms with Crippen LogP contribution in [-0.2, 0) is 14.3 Å². The number of amides is 2. The summed E-state index contributed by atoms with van der Waals surface area (Å²) in [5.41, 5.74) is 4.54. The Bertz CT molecular complexity index is 960. The normalized spacial score (nSPS) is 15.0. The van der Waals surface area contributed by atoms with Crippen molar-refractivity contribution in [3.05, 3.63) is 59.7 Å². The maximum atomic E-state index is 12.7. The highest BCUT2D eigenvalue weighted by molar-refractivity contribution is 5.86. The number of carbonyl (C=O) groups excluding carboxylic acids is 2. The first-order valence-electron chi connectivity index (χ1n) is 11.4. The Hall–Kier alpha value is -3.35. The number of benzene rings is 2. The highest BCUT2D eigenvalue weighted by Gasteiger charge is 2.31. The van der Waals surface area contributed by atoms with Gasteiger partial charge in [-0.1, -0.05) is 75.7 Å². The molecule has 1 unspecified atom stereocenters. The zero-order chi connectivity index (χ0) is 24.0. The fourth-order valence-corrected chi connectivity index (χ4v) is 4.22. The van der Waals surface area contributed by atoms with E-state index >= 15 is 0 Å². The van der Waals surface area contributed by atoms with E-state index in [1.807, 2.05) is 38.1 Å². The smallest absolute Gasteiger partial charge is 0.407 e. The van der Waals surface area contributed by atoms with Gasteiger partial charge in [-0.05, 0) is 34.1 Å². The summed E-state index contributed by atoms with van der Waals surface area (Å²) in [7, 11) is 0. The van der Waals surface area contributed by atoms with Gasteiger partial charge in [0.2, 0.25) is 5.91 Å². The van der Waals surface area contributed by atoms with Gasteiger partial charge in [0.15, 0.2) is 0 Å². The number of carboxylic acids is 1. The number of rotatable bonds is 10. The molecular formula is C26H32N2O5. The molecule has 2 aromatic carbocycles. The van der Waals surface area contributed by atoms with Crippen LogP contribution in [0.25, 0.3) is 11.1 Å². The van der Waals surface area contributed by atoms with Crippen molar-refractivity contribution in [3.8, 4) is 11.1 Å². The van der Waals surface area contributed by atoms with Gasteiger partial charge in [-0.2, -0.15) is 0 Å². The van der Waals surface area contributed by atoms with Gasteiger partial charge in [0.05, 0.1) is 0 Å². The molecule has 2 amide bonds. The van der Waals surface area contributed by atoms with Crippen LogP contribution in [0.1, 0.15) is 50.7 Å². The van der Waals surface area contributed by atoms with Gasteiger partial charge in [0.25, 0.3) is 0 Å². The highest BCUT2D eigenvalue weighted by atomic mass is 16.5. The van der Waals surface area contributed by atoms with Crippen molar-refractivity contribution in [2.24, 2.45) is 11.8 Å². The van der Waals surface area contributed by atoms with Crippen LogP contribution >= 0.6 is 0 Å². The molecule has 0 aromatic heterocycles. The summed E-state index contributed by atoms with van der Waals surface area (Å²) in [4.78, 5) is 36.2. The first-order valence-corrected chi connectivity index (χ1v) is 11.4. The number of fused-ring (bicyclic) bond motifs is 3. The van der Waals surface area contributed by atoms with Crippen LogP contribution in [0.2, 0.25) is 0 Å². The van der Waals surface area contributed by atoms with Crippen molar-refractivity contribution in [2.45, 2.75) is 45.6 Å². The van der Waals surface area contributed by atoms with Crippen LogP contribution < -0.4 is 10.6 Å². The molecule has 7 heteroatoms. The molecule has 0 saturated carbocycles.